The molecule has 0 saturated carbocycles. The van der Waals surface area contributed by atoms with Crippen LogP contribution in [0.1, 0.15) is 16.7 Å². The largest absolute Gasteiger partial charge is 0.461 e. The van der Waals surface area contributed by atoms with Gasteiger partial charge in [-0.1, -0.05) is 12.1 Å². The molecule has 2 aromatic carbocycles. The van der Waals surface area contributed by atoms with Crippen LogP contribution in [0, 0.1) is 24.0 Å². The number of hydrogen-bond donors (Lipinski definition) is 0. The van der Waals surface area contributed by atoms with Crippen LogP contribution in [0.25, 0.3) is 16.6 Å². The maximum absolute atomic E-state index is 13.8. The SMILES string of the molecule is Cc1cc([N+](=O)[O-])c2c(C)ccc3c2c1OC=C3F. The van der Waals surface area contributed by atoms with Crippen molar-refractivity contribution in [2.75, 3.05) is 0 Å². The van der Waals surface area contributed by atoms with E-state index in [1.165, 1.54) is 6.07 Å². The van der Waals surface area contributed by atoms with E-state index in [2.05, 4.69) is 0 Å². The fourth-order valence-electron chi connectivity index (χ4n) is 2.48. The lowest BCUT2D eigenvalue weighted by atomic mass is 9.94. The first-order chi connectivity index (χ1) is 9.00. The molecule has 0 atom stereocenters. The van der Waals surface area contributed by atoms with Gasteiger partial charge >= 0.3 is 0 Å². The summed E-state index contributed by atoms with van der Waals surface area (Å²) in [6, 6.07) is 4.77. The first-order valence-corrected chi connectivity index (χ1v) is 5.74. The van der Waals surface area contributed by atoms with Gasteiger partial charge < -0.3 is 4.74 Å². The number of ether oxygens (including phenoxy) is 1. The summed E-state index contributed by atoms with van der Waals surface area (Å²) in [5, 5.41) is 12.1. The van der Waals surface area contributed by atoms with Crippen LogP contribution in [-0.4, -0.2) is 4.92 Å². The Hall–Kier alpha value is -2.43. The molecule has 0 N–H and O–H groups in total. The first-order valence-electron chi connectivity index (χ1n) is 5.74. The van der Waals surface area contributed by atoms with E-state index in [1.807, 2.05) is 0 Å². The zero-order valence-electron chi connectivity index (χ0n) is 10.4. The number of benzene rings is 2. The van der Waals surface area contributed by atoms with Crippen molar-refractivity contribution in [3.63, 3.8) is 0 Å². The minimum absolute atomic E-state index is 0.0195. The average Bonchev–Trinajstić information content (AvgIpc) is 2.36. The number of nitrogens with zero attached hydrogens (tertiary/aromatic N) is 1. The van der Waals surface area contributed by atoms with Crippen LogP contribution < -0.4 is 4.74 Å². The van der Waals surface area contributed by atoms with Gasteiger partial charge in [0, 0.05) is 17.0 Å². The predicted molar refractivity (Wildman–Crippen MR) is 69.8 cm³/mol. The highest BCUT2D eigenvalue weighted by Gasteiger charge is 2.25. The average molecular weight is 259 g/mol. The fourth-order valence-corrected chi connectivity index (χ4v) is 2.48. The van der Waals surface area contributed by atoms with E-state index < -0.39 is 10.8 Å². The zero-order chi connectivity index (χ0) is 13.7. The molecule has 19 heavy (non-hydrogen) atoms. The summed E-state index contributed by atoms with van der Waals surface area (Å²) in [7, 11) is 0. The Labute approximate surface area is 108 Å². The molecule has 0 aromatic heterocycles. The van der Waals surface area contributed by atoms with E-state index in [4.69, 9.17) is 4.74 Å². The van der Waals surface area contributed by atoms with Crippen LogP contribution in [0.5, 0.6) is 5.75 Å². The molecule has 0 saturated heterocycles. The molecule has 5 heteroatoms. The number of aryl methyl sites for hydroxylation is 2. The highest BCUT2D eigenvalue weighted by atomic mass is 19.1. The predicted octanol–water partition coefficient (Wildman–Crippen LogP) is 4.03. The summed E-state index contributed by atoms with van der Waals surface area (Å²) >= 11 is 0. The molecule has 0 amide bonds. The van der Waals surface area contributed by atoms with Gasteiger partial charge in [0.25, 0.3) is 5.69 Å². The second kappa shape index (κ2) is 3.78. The van der Waals surface area contributed by atoms with E-state index in [1.54, 1.807) is 26.0 Å². The third-order valence-corrected chi connectivity index (χ3v) is 3.34. The fraction of sp³-hybridized carbons (Fsp3) is 0.143. The molecule has 96 valence electrons. The molecule has 1 heterocycles. The summed E-state index contributed by atoms with van der Waals surface area (Å²) in [4.78, 5) is 10.7. The topological polar surface area (TPSA) is 52.4 Å². The van der Waals surface area contributed by atoms with E-state index in [-0.39, 0.29) is 5.69 Å². The monoisotopic (exact) mass is 259 g/mol. The Morgan fingerprint density at radius 1 is 1.21 bits per heavy atom. The minimum atomic E-state index is -0.516. The molecule has 0 bridgehead atoms. The number of nitro groups is 1. The van der Waals surface area contributed by atoms with Crippen molar-refractivity contribution in [3.05, 3.63) is 51.3 Å². The molecule has 0 radical (unpaired) electrons. The molecule has 1 aliphatic rings. The molecule has 1 aliphatic heterocycles. The van der Waals surface area contributed by atoms with E-state index in [0.29, 0.717) is 27.6 Å². The summed E-state index contributed by atoms with van der Waals surface area (Å²) in [6.07, 6.45) is 1.03. The van der Waals surface area contributed by atoms with Crippen molar-refractivity contribution >= 4 is 22.3 Å². The van der Waals surface area contributed by atoms with Crippen molar-refractivity contribution in [2.24, 2.45) is 0 Å². The van der Waals surface area contributed by atoms with Gasteiger partial charge in [0.2, 0.25) is 0 Å². The molecule has 0 unspecified atom stereocenters. The van der Waals surface area contributed by atoms with Gasteiger partial charge in [-0.2, -0.15) is 0 Å². The van der Waals surface area contributed by atoms with Crippen molar-refractivity contribution in [1.29, 1.82) is 0 Å². The minimum Gasteiger partial charge on any atom is -0.461 e. The van der Waals surface area contributed by atoms with Crippen LogP contribution in [0.4, 0.5) is 10.1 Å². The summed E-state index contributed by atoms with van der Waals surface area (Å²) in [5.74, 6) is -0.0295. The first kappa shape index (κ1) is 11.6. The smallest absolute Gasteiger partial charge is 0.278 e. The summed E-state index contributed by atoms with van der Waals surface area (Å²) in [6.45, 7) is 3.48. The Bertz CT molecular complexity index is 765. The summed E-state index contributed by atoms with van der Waals surface area (Å²) in [5.41, 5.74) is 1.67. The molecule has 0 spiro atoms. The molecule has 2 aromatic rings. The van der Waals surface area contributed by atoms with Crippen LogP contribution >= 0.6 is 0 Å². The maximum Gasteiger partial charge on any atom is 0.278 e. The van der Waals surface area contributed by atoms with Gasteiger partial charge in [-0.05, 0) is 25.0 Å². The number of hydrogen-bond acceptors (Lipinski definition) is 3. The lowest BCUT2D eigenvalue weighted by Gasteiger charge is -2.18. The number of nitro benzene ring substituents is 1. The quantitative estimate of drug-likeness (QED) is 0.574. The third-order valence-electron chi connectivity index (χ3n) is 3.34. The van der Waals surface area contributed by atoms with Gasteiger partial charge in [0.1, 0.15) is 12.0 Å². The van der Waals surface area contributed by atoms with Gasteiger partial charge in [-0.25, -0.2) is 4.39 Å². The number of non-ortho nitro benzene ring substituents is 1. The van der Waals surface area contributed by atoms with Crippen LogP contribution in [0.2, 0.25) is 0 Å². The second-order valence-electron chi connectivity index (χ2n) is 4.56. The van der Waals surface area contributed by atoms with Crippen LogP contribution in [-0.2, 0) is 0 Å². The third kappa shape index (κ3) is 1.51. The highest BCUT2D eigenvalue weighted by Crippen LogP contribution is 2.44. The Kier molecular flexibility index (Phi) is 2.32. The van der Waals surface area contributed by atoms with Gasteiger partial charge in [-0.3, -0.25) is 10.1 Å². The van der Waals surface area contributed by atoms with Crippen LogP contribution in [0.3, 0.4) is 0 Å². The van der Waals surface area contributed by atoms with Gasteiger partial charge in [0.05, 0.1) is 10.3 Å². The van der Waals surface area contributed by atoms with Crippen molar-refractivity contribution in [2.45, 2.75) is 13.8 Å². The second-order valence-corrected chi connectivity index (χ2v) is 4.56. The van der Waals surface area contributed by atoms with Crippen molar-refractivity contribution in [1.82, 2.24) is 0 Å². The molecule has 0 aliphatic carbocycles. The summed E-state index contributed by atoms with van der Waals surface area (Å²) < 4.78 is 19.1. The number of halogens is 1. The highest BCUT2D eigenvalue weighted by molar-refractivity contribution is 6.05. The van der Waals surface area contributed by atoms with E-state index in [9.17, 15) is 14.5 Å². The van der Waals surface area contributed by atoms with Crippen molar-refractivity contribution < 1.29 is 14.1 Å². The maximum atomic E-state index is 13.8. The van der Waals surface area contributed by atoms with Crippen LogP contribution in [0.15, 0.2) is 24.5 Å². The molecule has 4 nitrogen and oxygen atoms in total. The lowest BCUT2D eigenvalue weighted by molar-refractivity contribution is -0.383. The molecule has 0 fully saturated rings. The van der Waals surface area contributed by atoms with Gasteiger partial charge in [-0.15, -0.1) is 0 Å². The Balaban J connectivity index is 2.59. The van der Waals surface area contributed by atoms with E-state index >= 15 is 0 Å². The zero-order valence-corrected chi connectivity index (χ0v) is 10.4. The molecule has 3 rings (SSSR count). The van der Waals surface area contributed by atoms with Crippen molar-refractivity contribution in [3.8, 4) is 5.75 Å². The Morgan fingerprint density at radius 3 is 2.63 bits per heavy atom. The Morgan fingerprint density at radius 2 is 1.95 bits per heavy atom. The van der Waals surface area contributed by atoms with E-state index in [0.717, 1.165) is 11.8 Å². The standard InChI is InChI=1S/C14H10FNO3/c1-7-3-4-9-10(15)6-19-14-8(2)5-11(16(17)18)12(7)13(9)14/h3-6H,1-2H3. The lowest BCUT2D eigenvalue weighted by Crippen LogP contribution is -2.02. The normalized spacial score (nSPS) is 13.1. The molecular formula is C14H10FNO3. The molecular weight excluding hydrogens is 249 g/mol. The number of rotatable bonds is 1. The van der Waals surface area contributed by atoms with Gasteiger partial charge in [0.15, 0.2) is 5.83 Å².